The molecule has 0 fully saturated rings. The van der Waals surface area contributed by atoms with Gasteiger partial charge in [-0.2, -0.15) is 13.2 Å². The first-order valence-corrected chi connectivity index (χ1v) is 10.4. The summed E-state index contributed by atoms with van der Waals surface area (Å²) in [6, 6.07) is 4.09. The molecule has 0 unspecified atom stereocenters. The van der Waals surface area contributed by atoms with E-state index in [1.54, 1.807) is 0 Å². The molecule has 0 saturated carbocycles. The lowest BCUT2D eigenvalue weighted by atomic mass is 10.1. The molecule has 11 heteroatoms. The number of sulfonamides is 2. The Labute approximate surface area is 139 Å². The highest BCUT2D eigenvalue weighted by atomic mass is 32.2. The number of rotatable bonds is 9. The zero-order valence-corrected chi connectivity index (χ0v) is 14.6. The fourth-order valence-corrected chi connectivity index (χ4v) is 3.59. The molecule has 2 N–H and O–H groups in total. The molecule has 138 valence electrons. The van der Waals surface area contributed by atoms with Crippen LogP contribution in [0.15, 0.2) is 24.3 Å². The van der Waals surface area contributed by atoms with Crippen LogP contribution in [-0.4, -0.2) is 35.7 Å². The van der Waals surface area contributed by atoms with Crippen LogP contribution in [0.5, 0.6) is 0 Å². The number of benzene rings is 1. The Bertz CT molecular complexity index is 747. The summed E-state index contributed by atoms with van der Waals surface area (Å²) in [5.41, 5.74) is -0.895. The van der Waals surface area contributed by atoms with E-state index in [1.807, 2.05) is 0 Å². The van der Waals surface area contributed by atoms with Crippen molar-refractivity contribution in [1.29, 1.82) is 0 Å². The highest BCUT2D eigenvalue weighted by Crippen LogP contribution is 2.29. The van der Waals surface area contributed by atoms with Crippen LogP contribution in [0, 0.1) is 0 Å². The van der Waals surface area contributed by atoms with Gasteiger partial charge in [0.25, 0.3) is 0 Å². The summed E-state index contributed by atoms with van der Waals surface area (Å²) in [6.45, 7) is 1.52. The van der Waals surface area contributed by atoms with Gasteiger partial charge in [0.05, 0.1) is 17.1 Å². The minimum absolute atomic E-state index is 0.0176. The third kappa shape index (κ3) is 7.60. The number of hydrogen-bond donors (Lipinski definition) is 2. The second-order valence-corrected chi connectivity index (χ2v) is 8.91. The molecule has 0 amide bonds. The van der Waals surface area contributed by atoms with Gasteiger partial charge in [-0.05, 0) is 25.0 Å². The van der Waals surface area contributed by atoms with Crippen LogP contribution in [0.4, 0.5) is 13.2 Å². The lowest BCUT2D eigenvalue weighted by molar-refractivity contribution is -0.137. The summed E-state index contributed by atoms with van der Waals surface area (Å²) < 4.78 is 88.3. The van der Waals surface area contributed by atoms with Crippen molar-refractivity contribution in [2.75, 3.05) is 18.8 Å². The van der Waals surface area contributed by atoms with Crippen LogP contribution >= 0.6 is 0 Å². The van der Waals surface area contributed by atoms with Crippen molar-refractivity contribution in [2.45, 2.75) is 25.3 Å². The lowest BCUT2D eigenvalue weighted by Crippen LogP contribution is -2.31. The molecule has 1 aromatic rings. The van der Waals surface area contributed by atoms with E-state index in [-0.39, 0.29) is 30.8 Å². The average molecular weight is 388 g/mol. The molecule has 0 atom stereocenters. The van der Waals surface area contributed by atoms with Gasteiger partial charge >= 0.3 is 6.18 Å². The Hall–Kier alpha value is -1.17. The van der Waals surface area contributed by atoms with Gasteiger partial charge in [0, 0.05) is 13.1 Å². The molecule has 0 heterocycles. The first-order chi connectivity index (χ1) is 11.0. The molecule has 0 aromatic heterocycles. The van der Waals surface area contributed by atoms with Crippen LogP contribution < -0.4 is 9.44 Å². The summed E-state index contributed by atoms with van der Waals surface area (Å²) >= 11 is 0. The van der Waals surface area contributed by atoms with Crippen LogP contribution in [0.3, 0.4) is 0 Å². The Morgan fingerprint density at radius 2 is 1.58 bits per heavy atom. The van der Waals surface area contributed by atoms with Gasteiger partial charge in [0.2, 0.25) is 20.0 Å². The predicted molar refractivity (Wildman–Crippen MR) is 84.2 cm³/mol. The van der Waals surface area contributed by atoms with E-state index in [1.165, 1.54) is 13.0 Å². The van der Waals surface area contributed by atoms with Crippen LogP contribution in [0.2, 0.25) is 0 Å². The van der Waals surface area contributed by atoms with Gasteiger partial charge in [0.15, 0.2) is 0 Å². The largest absolute Gasteiger partial charge is 0.416 e. The molecule has 6 nitrogen and oxygen atoms in total. The molecule has 0 aliphatic heterocycles. The van der Waals surface area contributed by atoms with E-state index in [0.717, 1.165) is 18.2 Å². The van der Waals surface area contributed by atoms with Crippen LogP contribution in [0.1, 0.15) is 24.5 Å². The third-order valence-electron chi connectivity index (χ3n) is 2.99. The zero-order valence-electron chi connectivity index (χ0n) is 12.9. The van der Waals surface area contributed by atoms with E-state index in [9.17, 15) is 30.0 Å². The van der Waals surface area contributed by atoms with Crippen LogP contribution in [0.25, 0.3) is 0 Å². The van der Waals surface area contributed by atoms with Crippen molar-refractivity contribution in [2.24, 2.45) is 0 Å². The summed E-state index contributed by atoms with van der Waals surface area (Å²) in [4.78, 5) is 0. The molecule has 0 aliphatic carbocycles. The topological polar surface area (TPSA) is 92.3 Å². The van der Waals surface area contributed by atoms with Crippen molar-refractivity contribution in [3.8, 4) is 0 Å². The Balaban J connectivity index is 2.53. The van der Waals surface area contributed by atoms with Gasteiger partial charge in [-0.3, -0.25) is 0 Å². The first-order valence-electron chi connectivity index (χ1n) is 7.06. The van der Waals surface area contributed by atoms with E-state index < -0.39 is 37.5 Å². The van der Waals surface area contributed by atoms with E-state index in [4.69, 9.17) is 0 Å². The number of alkyl halides is 3. The molecule has 0 aliphatic rings. The fourth-order valence-electron chi connectivity index (χ4n) is 1.75. The van der Waals surface area contributed by atoms with Gasteiger partial charge in [-0.15, -0.1) is 0 Å². The van der Waals surface area contributed by atoms with Gasteiger partial charge < -0.3 is 0 Å². The maximum absolute atomic E-state index is 12.6. The maximum Gasteiger partial charge on any atom is 0.416 e. The quantitative estimate of drug-likeness (QED) is 0.627. The molecular formula is C13H19F3N2O4S2. The van der Waals surface area contributed by atoms with E-state index in [2.05, 4.69) is 9.44 Å². The number of halogens is 3. The predicted octanol–water partition coefficient (Wildman–Crippen LogP) is 1.45. The van der Waals surface area contributed by atoms with Crippen molar-refractivity contribution >= 4 is 20.0 Å². The smallest absolute Gasteiger partial charge is 0.215 e. The summed E-state index contributed by atoms with van der Waals surface area (Å²) in [5.74, 6) is -0.661. The Kier molecular flexibility index (Phi) is 7.20. The number of hydrogen-bond acceptors (Lipinski definition) is 4. The molecule has 1 rings (SSSR count). The summed E-state index contributed by atoms with van der Waals surface area (Å²) in [5, 5.41) is 0. The molecule has 0 spiro atoms. The zero-order chi connectivity index (χ0) is 18.4. The summed E-state index contributed by atoms with van der Waals surface area (Å²) in [6.07, 6.45) is -4.31. The third-order valence-corrected chi connectivity index (χ3v) is 5.75. The van der Waals surface area contributed by atoms with Gasteiger partial charge in [0.1, 0.15) is 0 Å². The highest BCUT2D eigenvalue weighted by Gasteiger charge is 2.30. The van der Waals surface area contributed by atoms with Crippen molar-refractivity contribution < 1.29 is 30.0 Å². The molecule has 0 saturated heterocycles. The molecule has 24 heavy (non-hydrogen) atoms. The minimum atomic E-state index is -4.54. The maximum atomic E-state index is 12.6. The van der Waals surface area contributed by atoms with Crippen molar-refractivity contribution in [1.82, 2.24) is 9.44 Å². The van der Waals surface area contributed by atoms with Gasteiger partial charge in [-0.1, -0.05) is 18.2 Å². The van der Waals surface area contributed by atoms with E-state index >= 15 is 0 Å². The first kappa shape index (κ1) is 20.9. The Morgan fingerprint density at radius 3 is 2.12 bits per heavy atom. The molecule has 1 aromatic carbocycles. The number of nitrogens with one attached hydrogen (secondary N) is 2. The molecule has 0 bridgehead atoms. The molecule has 0 radical (unpaired) electrons. The SMILES string of the molecule is CCS(=O)(=O)NCCCNS(=O)(=O)Cc1cccc(C(F)(F)F)c1. The summed E-state index contributed by atoms with van der Waals surface area (Å²) in [7, 11) is -7.15. The average Bonchev–Trinajstić information content (AvgIpc) is 2.45. The normalized spacial score (nSPS) is 13.2. The monoisotopic (exact) mass is 388 g/mol. The molecular weight excluding hydrogens is 369 g/mol. The van der Waals surface area contributed by atoms with Crippen LogP contribution in [-0.2, 0) is 32.0 Å². The van der Waals surface area contributed by atoms with Crippen molar-refractivity contribution in [3.05, 3.63) is 35.4 Å². The lowest BCUT2D eigenvalue weighted by Gasteiger charge is -2.10. The second kappa shape index (κ2) is 8.28. The second-order valence-electron chi connectivity index (χ2n) is 5.00. The highest BCUT2D eigenvalue weighted by molar-refractivity contribution is 7.89. The fraction of sp³-hybridized carbons (Fsp3) is 0.538. The standard InChI is InChI=1S/C13H19F3N2O4S2/c1-2-23(19,20)17-7-4-8-18-24(21,22)10-11-5-3-6-12(9-11)13(14,15)16/h3,5-6,9,17-18H,2,4,7-8,10H2,1H3. The minimum Gasteiger partial charge on any atom is -0.215 e. The Morgan fingerprint density at radius 1 is 1.00 bits per heavy atom. The van der Waals surface area contributed by atoms with Crippen molar-refractivity contribution in [3.63, 3.8) is 0 Å². The van der Waals surface area contributed by atoms with Gasteiger partial charge in [-0.25, -0.2) is 26.3 Å². The van der Waals surface area contributed by atoms with E-state index in [0.29, 0.717) is 0 Å².